The number of nitrogens with zero attached hydrogens (tertiary/aromatic N) is 3. The summed E-state index contributed by atoms with van der Waals surface area (Å²) in [5.41, 5.74) is 0. The average Bonchev–Trinajstić information content (AvgIpc) is 3.40. The van der Waals surface area contributed by atoms with Gasteiger partial charge in [0.05, 0.1) is 12.6 Å². The van der Waals surface area contributed by atoms with Crippen LogP contribution in [0, 0.1) is 12.8 Å². The Morgan fingerprint density at radius 1 is 1.37 bits per heavy atom. The molecule has 2 saturated heterocycles. The van der Waals surface area contributed by atoms with Crippen LogP contribution in [0.3, 0.4) is 0 Å². The van der Waals surface area contributed by atoms with Crippen LogP contribution in [-0.2, 0) is 22.5 Å². The number of carbonyl (C=O) groups is 1. The van der Waals surface area contributed by atoms with Crippen molar-refractivity contribution in [2.24, 2.45) is 5.92 Å². The molecule has 3 atom stereocenters. The van der Waals surface area contributed by atoms with E-state index >= 15 is 0 Å². The smallest absolute Gasteiger partial charge is 0.475 e. The zero-order valence-electron chi connectivity index (χ0n) is 16.8. The van der Waals surface area contributed by atoms with Gasteiger partial charge in [-0.05, 0) is 44.4 Å². The van der Waals surface area contributed by atoms with E-state index in [0.717, 1.165) is 55.6 Å². The van der Waals surface area contributed by atoms with Gasteiger partial charge in [0.15, 0.2) is 5.82 Å². The van der Waals surface area contributed by atoms with Gasteiger partial charge in [0.1, 0.15) is 23.4 Å². The number of alkyl halides is 3. The third kappa shape index (κ3) is 5.60. The van der Waals surface area contributed by atoms with Gasteiger partial charge in [-0.3, -0.25) is 10.00 Å². The highest BCUT2D eigenvalue weighted by molar-refractivity contribution is 5.73. The fourth-order valence-electron chi connectivity index (χ4n) is 3.73. The molecule has 8 nitrogen and oxygen atoms in total. The first-order valence-corrected chi connectivity index (χ1v) is 9.80. The summed E-state index contributed by atoms with van der Waals surface area (Å²) < 4.78 is 43.8. The number of aliphatic carboxylic acids is 1. The minimum Gasteiger partial charge on any atom is -0.475 e. The summed E-state index contributed by atoms with van der Waals surface area (Å²) in [5.74, 6) is 1.64. The molecule has 0 amide bonds. The highest BCUT2D eigenvalue weighted by Gasteiger charge is 2.41. The summed E-state index contributed by atoms with van der Waals surface area (Å²) in [6, 6.07) is 4.18. The van der Waals surface area contributed by atoms with E-state index in [9.17, 15) is 13.2 Å². The zero-order chi connectivity index (χ0) is 21.9. The number of hydrogen-bond acceptors (Lipinski definition) is 6. The first kappa shape index (κ1) is 22.3. The number of piperidine rings is 1. The van der Waals surface area contributed by atoms with E-state index in [0.29, 0.717) is 5.92 Å². The molecule has 0 unspecified atom stereocenters. The molecule has 11 heteroatoms. The number of aryl methyl sites for hydroxylation is 2. The van der Waals surface area contributed by atoms with Crippen LogP contribution in [-0.4, -0.2) is 56.5 Å². The number of hydrogen-bond donors (Lipinski definition) is 2. The van der Waals surface area contributed by atoms with E-state index in [2.05, 4.69) is 39.1 Å². The monoisotopic (exact) mass is 430 g/mol. The highest BCUT2D eigenvalue weighted by atomic mass is 19.4. The van der Waals surface area contributed by atoms with Crippen LogP contribution in [0.4, 0.5) is 13.2 Å². The van der Waals surface area contributed by atoms with Crippen molar-refractivity contribution >= 4 is 5.97 Å². The number of H-pyrrole nitrogens is 1. The Bertz CT molecular complexity index is 851. The topological polar surface area (TPSA) is 104 Å². The number of carboxylic acids is 1. The molecule has 2 N–H and O–H groups in total. The lowest BCUT2D eigenvalue weighted by Gasteiger charge is -2.33. The quantitative estimate of drug-likeness (QED) is 0.767. The Morgan fingerprint density at radius 2 is 2.07 bits per heavy atom. The molecule has 4 rings (SSSR count). The molecule has 4 heterocycles. The maximum absolute atomic E-state index is 10.6. The number of rotatable bonds is 4. The van der Waals surface area contributed by atoms with Crippen LogP contribution in [0.1, 0.15) is 49.0 Å². The second-order valence-electron chi connectivity index (χ2n) is 7.49. The molecule has 2 aromatic heterocycles. The molecule has 0 saturated carbocycles. The molecule has 0 radical (unpaired) electrons. The summed E-state index contributed by atoms with van der Waals surface area (Å²) in [7, 11) is 0. The van der Waals surface area contributed by atoms with Crippen molar-refractivity contribution in [2.45, 2.75) is 58.0 Å². The standard InChI is InChI=1S/C17H24N4O2.C2HF3O2/c1-3-13-4-5-14(22-13)9-21-7-6-12-8-15(23-16(12)10-21)17-18-11(2)19-20-17;3-2(4,5)1(6)7/h4-5,12,15-16H,3,6-10H2,1-2H3,(H,18,19,20);(H,6,7)/t12-,15+,16+;/m0./s1. The number of fused-ring (bicyclic) bond motifs is 1. The summed E-state index contributed by atoms with van der Waals surface area (Å²) in [4.78, 5) is 15.8. The van der Waals surface area contributed by atoms with Gasteiger partial charge in [0.2, 0.25) is 0 Å². The van der Waals surface area contributed by atoms with Crippen LogP contribution in [0.2, 0.25) is 0 Å². The zero-order valence-corrected chi connectivity index (χ0v) is 16.8. The number of nitrogens with one attached hydrogen (secondary N) is 1. The first-order chi connectivity index (χ1) is 14.2. The lowest BCUT2D eigenvalue weighted by atomic mass is 9.91. The predicted molar refractivity (Wildman–Crippen MR) is 98.5 cm³/mol. The SMILES string of the molecule is CCc1ccc(CN2CC[C@H]3C[C@H](c4n[nH]c(C)n4)O[C@@H]3C2)o1.O=C(O)C(F)(F)F. The molecule has 0 bridgehead atoms. The third-order valence-electron chi connectivity index (χ3n) is 5.23. The molecular weight excluding hydrogens is 405 g/mol. The van der Waals surface area contributed by atoms with E-state index in [1.54, 1.807) is 0 Å². The summed E-state index contributed by atoms with van der Waals surface area (Å²) in [6.07, 6.45) is -1.59. The Balaban J connectivity index is 0.000000318. The Labute approximate surface area is 171 Å². The van der Waals surface area contributed by atoms with Crippen molar-refractivity contribution in [1.29, 1.82) is 0 Å². The van der Waals surface area contributed by atoms with Gasteiger partial charge in [-0.25, -0.2) is 9.78 Å². The van der Waals surface area contributed by atoms with Crippen molar-refractivity contribution in [2.75, 3.05) is 13.1 Å². The van der Waals surface area contributed by atoms with Crippen LogP contribution in [0.15, 0.2) is 16.5 Å². The fourth-order valence-corrected chi connectivity index (χ4v) is 3.73. The number of halogens is 3. The first-order valence-electron chi connectivity index (χ1n) is 9.80. The van der Waals surface area contributed by atoms with Gasteiger partial charge in [-0.2, -0.15) is 18.3 Å². The number of furan rings is 1. The summed E-state index contributed by atoms with van der Waals surface area (Å²) in [6.45, 7) is 6.98. The van der Waals surface area contributed by atoms with Gasteiger partial charge in [0.25, 0.3) is 0 Å². The van der Waals surface area contributed by atoms with E-state index < -0.39 is 12.1 Å². The van der Waals surface area contributed by atoms with Gasteiger partial charge in [-0.15, -0.1) is 0 Å². The number of aromatic amines is 1. The number of carboxylic acid groups (broad SMARTS) is 1. The molecule has 2 aromatic rings. The third-order valence-corrected chi connectivity index (χ3v) is 5.23. The minimum absolute atomic E-state index is 0.0465. The molecule has 2 fully saturated rings. The number of ether oxygens (including phenoxy) is 1. The molecule has 2 aliphatic rings. The number of aromatic nitrogens is 3. The van der Waals surface area contributed by atoms with Crippen LogP contribution >= 0.6 is 0 Å². The summed E-state index contributed by atoms with van der Waals surface area (Å²) >= 11 is 0. The lowest BCUT2D eigenvalue weighted by Crippen LogP contribution is -2.41. The van der Waals surface area contributed by atoms with Crippen molar-refractivity contribution in [1.82, 2.24) is 20.1 Å². The van der Waals surface area contributed by atoms with Gasteiger partial charge in [-0.1, -0.05) is 6.92 Å². The minimum atomic E-state index is -5.08. The average molecular weight is 430 g/mol. The van der Waals surface area contributed by atoms with Crippen molar-refractivity contribution in [3.8, 4) is 0 Å². The largest absolute Gasteiger partial charge is 0.490 e. The molecule has 30 heavy (non-hydrogen) atoms. The molecule has 0 spiro atoms. The maximum atomic E-state index is 10.6. The maximum Gasteiger partial charge on any atom is 0.490 e. The van der Waals surface area contributed by atoms with E-state index in [1.165, 1.54) is 6.42 Å². The van der Waals surface area contributed by atoms with Gasteiger partial charge >= 0.3 is 12.1 Å². The van der Waals surface area contributed by atoms with Crippen molar-refractivity contribution < 1.29 is 32.2 Å². The Morgan fingerprint density at radius 3 is 2.63 bits per heavy atom. The Hall–Kier alpha value is -2.40. The van der Waals surface area contributed by atoms with Crippen LogP contribution < -0.4 is 0 Å². The number of likely N-dealkylation sites (tertiary alicyclic amines) is 1. The molecule has 166 valence electrons. The van der Waals surface area contributed by atoms with E-state index in [-0.39, 0.29) is 12.2 Å². The van der Waals surface area contributed by atoms with Gasteiger partial charge < -0.3 is 14.3 Å². The van der Waals surface area contributed by atoms with Crippen molar-refractivity contribution in [3.05, 3.63) is 35.3 Å². The van der Waals surface area contributed by atoms with Crippen LogP contribution in [0.5, 0.6) is 0 Å². The normalized spacial score (nSPS) is 24.2. The molecular formula is C19H25F3N4O4. The predicted octanol–water partition coefficient (Wildman–Crippen LogP) is 3.25. The molecule has 0 aliphatic carbocycles. The highest BCUT2D eigenvalue weighted by Crippen LogP contribution is 2.40. The van der Waals surface area contributed by atoms with Crippen LogP contribution in [0.25, 0.3) is 0 Å². The molecule has 0 aromatic carbocycles. The van der Waals surface area contributed by atoms with Gasteiger partial charge in [0, 0.05) is 13.0 Å². The van der Waals surface area contributed by atoms with E-state index in [4.69, 9.17) is 19.1 Å². The Kier molecular flexibility index (Phi) is 6.81. The fraction of sp³-hybridized carbons (Fsp3) is 0.632. The second kappa shape index (κ2) is 9.17. The second-order valence-corrected chi connectivity index (χ2v) is 7.49. The lowest BCUT2D eigenvalue weighted by molar-refractivity contribution is -0.192. The summed E-state index contributed by atoms with van der Waals surface area (Å²) in [5, 5.41) is 14.3. The van der Waals surface area contributed by atoms with Crippen molar-refractivity contribution in [3.63, 3.8) is 0 Å². The van der Waals surface area contributed by atoms with E-state index in [1.807, 2.05) is 6.92 Å². The molecule has 2 aliphatic heterocycles.